The lowest BCUT2D eigenvalue weighted by atomic mass is 9.98. The number of carbonyl (C=O) groups is 1. The number of aliphatic imine (C=N–C) groups is 1. The fourth-order valence-corrected chi connectivity index (χ4v) is 4.11. The van der Waals surface area contributed by atoms with Crippen LogP contribution >= 0.6 is 11.8 Å². The van der Waals surface area contributed by atoms with Crippen LogP contribution < -0.4 is 10.2 Å². The third kappa shape index (κ3) is 4.83. The van der Waals surface area contributed by atoms with Crippen molar-refractivity contribution in [3.8, 4) is 0 Å². The molecule has 1 amide bonds. The second kappa shape index (κ2) is 9.21. The summed E-state index contributed by atoms with van der Waals surface area (Å²) in [5, 5.41) is 3.49. The Bertz CT molecular complexity index is 718. The van der Waals surface area contributed by atoms with E-state index in [2.05, 4.69) is 61.5 Å². The van der Waals surface area contributed by atoms with Crippen LogP contribution in [0, 0.1) is 0 Å². The van der Waals surface area contributed by atoms with Crippen molar-refractivity contribution in [3.63, 3.8) is 0 Å². The van der Waals surface area contributed by atoms with Crippen molar-refractivity contribution in [3.05, 3.63) is 29.8 Å². The summed E-state index contributed by atoms with van der Waals surface area (Å²) in [7, 11) is 0. The summed E-state index contributed by atoms with van der Waals surface area (Å²) in [6, 6.07) is 8.66. The van der Waals surface area contributed by atoms with Crippen LogP contribution in [0.3, 0.4) is 0 Å². The van der Waals surface area contributed by atoms with Gasteiger partial charge in [-0.1, -0.05) is 18.2 Å². The quantitative estimate of drug-likeness (QED) is 0.558. The Morgan fingerprint density at radius 3 is 2.82 bits per heavy atom. The van der Waals surface area contributed by atoms with Gasteiger partial charge in [-0.15, -0.1) is 0 Å². The number of fused-ring (bicyclic) bond motifs is 1. The number of likely N-dealkylation sites (tertiary alicyclic amines) is 1. The van der Waals surface area contributed by atoms with Gasteiger partial charge in [0.15, 0.2) is 5.96 Å². The molecular formula is C22H34N4OS. The molecule has 3 rings (SSSR count). The number of hydrogen-bond donors (Lipinski definition) is 1. The molecule has 5 nitrogen and oxygen atoms in total. The van der Waals surface area contributed by atoms with Crippen LogP contribution in [-0.2, 0) is 4.79 Å². The molecule has 0 aliphatic carbocycles. The molecule has 1 saturated heterocycles. The van der Waals surface area contributed by atoms with Crippen molar-refractivity contribution in [1.82, 2.24) is 10.2 Å². The molecule has 1 atom stereocenters. The Labute approximate surface area is 174 Å². The van der Waals surface area contributed by atoms with E-state index < -0.39 is 0 Å². The summed E-state index contributed by atoms with van der Waals surface area (Å²) in [5.74, 6) is 1.72. The Hall–Kier alpha value is -1.69. The number of benzene rings is 1. The average Bonchev–Trinajstić information content (AvgIpc) is 3.27. The maximum Gasteiger partial charge on any atom is 0.222 e. The first-order valence-electron chi connectivity index (χ1n) is 10.4. The van der Waals surface area contributed by atoms with E-state index in [1.807, 2.05) is 16.7 Å². The van der Waals surface area contributed by atoms with Crippen molar-refractivity contribution in [2.75, 3.05) is 43.9 Å². The largest absolute Gasteiger partial charge is 0.356 e. The first-order chi connectivity index (χ1) is 13.4. The summed E-state index contributed by atoms with van der Waals surface area (Å²) >= 11 is 1.85. The highest BCUT2D eigenvalue weighted by molar-refractivity contribution is 7.99. The zero-order valence-electron chi connectivity index (χ0n) is 17.7. The van der Waals surface area contributed by atoms with Crippen LogP contribution in [0.5, 0.6) is 0 Å². The van der Waals surface area contributed by atoms with E-state index in [1.54, 1.807) is 0 Å². The van der Waals surface area contributed by atoms with E-state index >= 15 is 0 Å². The second-order valence-electron chi connectivity index (χ2n) is 8.27. The molecule has 1 aromatic rings. The van der Waals surface area contributed by atoms with Gasteiger partial charge in [0.2, 0.25) is 5.91 Å². The minimum absolute atomic E-state index is 0.120. The van der Waals surface area contributed by atoms with Gasteiger partial charge in [0, 0.05) is 49.0 Å². The zero-order valence-corrected chi connectivity index (χ0v) is 18.5. The number of thioether (sulfide) groups is 1. The normalized spacial score (nSPS) is 20.1. The molecule has 1 fully saturated rings. The third-order valence-electron chi connectivity index (χ3n) is 5.74. The number of hydrogen-bond acceptors (Lipinski definition) is 3. The molecule has 154 valence electrons. The zero-order chi connectivity index (χ0) is 20.1. The van der Waals surface area contributed by atoms with Crippen molar-refractivity contribution in [1.29, 1.82) is 0 Å². The molecule has 0 radical (unpaired) electrons. The standard InChI is InChI=1S/C22H34N4OS/c1-5-23-21(24-16-22(2,3)28-4)26-15-17(18-9-6-7-10-19(18)26)12-14-25-13-8-11-20(25)27/h6-7,9-10,17H,5,8,11-16H2,1-4H3,(H,23,24). The molecule has 28 heavy (non-hydrogen) atoms. The average molecular weight is 403 g/mol. The summed E-state index contributed by atoms with van der Waals surface area (Å²) in [6.45, 7) is 10.9. The molecule has 0 bridgehead atoms. The van der Waals surface area contributed by atoms with Gasteiger partial charge >= 0.3 is 0 Å². The number of carbonyl (C=O) groups excluding carboxylic acids is 1. The highest BCUT2D eigenvalue weighted by atomic mass is 32.2. The van der Waals surface area contributed by atoms with Crippen LogP contribution in [0.15, 0.2) is 29.3 Å². The van der Waals surface area contributed by atoms with Gasteiger partial charge in [0.05, 0.1) is 6.54 Å². The lowest BCUT2D eigenvalue weighted by Gasteiger charge is -2.25. The number of amides is 1. The van der Waals surface area contributed by atoms with Crippen LogP contribution in [0.1, 0.15) is 51.5 Å². The summed E-state index contributed by atoms with van der Waals surface area (Å²) < 4.78 is 0.120. The van der Waals surface area contributed by atoms with Gasteiger partial charge in [-0.3, -0.25) is 9.79 Å². The van der Waals surface area contributed by atoms with Crippen molar-refractivity contribution in [2.45, 2.75) is 50.7 Å². The molecule has 0 saturated carbocycles. The van der Waals surface area contributed by atoms with Crippen LogP contribution in [0.4, 0.5) is 5.69 Å². The SMILES string of the molecule is CCNC(=NCC(C)(C)SC)N1CC(CCN2CCCC2=O)c2ccccc21. The van der Waals surface area contributed by atoms with Crippen molar-refractivity contribution in [2.24, 2.45) is 4.99 Å². The Kier molecular flexibility index (Phi) is 6.91. The highest BCUT2D eigenvalue weighted by Gasteiger charge is 2.32. The minimum atomic E-state index is 0.120. The monoisotopic (exact) mass is 402 g/mol. The Morgan fingerprint density at radius 2 is 2.14 bits per heavy atom. The molecule has 2 heterocycles. The molecule has 0 aromatic heterocycles. The van der Waals surface area contributed by atoms with Crippen LogP contribution in [-0.4, -0.2) is 60.5 Å². The molecular weight excluding hydrogens is 368 g/mol. The number of anilines is 1. The van der Waals surface area contributed by atoms with Gasteiger partial charge in [0.25, 0.3) is 0 Å². The topological polar surface area (TPSA) is 47.9 Å². The van der Waals surface area contributed by atoms with Crippen LogP contribution in [0.2, 0.25) is 0 Å². The van der Waals surface area contributed by atoms with Gasteiger partial charge in [-0.05, 0) is 51.5 Å². The lowest BCUT2D eigenvalue weighted by Crippen LogP contribution is -2.42. The summed E-state index contributed by atoms with van der Waals surface area (Å²) in [5.41, 5.74) is 2.63. The first kappa shape index (κ1) is 21.0. The van der Waals surface area contributed by atoms with Gasteiger partial charge < -0.3 is 15.1 Å². The highest BCUT2D eigenvalue weighted by Crippen LogP contribution is 2.38. The van der Waals surface area contributed by atoms with E-state index in [4.69, 9.17) is 4.99 Å². The van der Waals surface area contributed by atoms with E-state index in [0.29, 0.717) is 11.8 Å². The lowest BCUT2D eigenvalue weighted by molar-refractivity contribution is -0.127. The Balaban J connectivity index is 1.77. The van der Waals surface area contributed by atoms with Gasteiger partial charge in [-0.25, -0.2) is 0 Å². The summed E-state index contributed by atoms with van der Waals surface area (Å²) in [4.78, 5) is 21.3. The van der Waals surface area contributed by atoms with E-state index in [0.717, 1.165) is 57.9 Å². The van der Waals surface area contributed by atoms with Crippen molar-refractivity contribution < 1.29 is 4.79 Å². The van der Waals surface area contributed by atoms with E-state index in [-0.39, 0.29) is 4.75 Å². The molecule has 2 aliphatic rings. The fraction of sp³-hybridized carbons (Fsp3) is 0.636. The predicted octanol–water partition coefficient (Wildman–Crippen LogP) is 3.71. The Morgan fingerprint density at radius 1 is 1.36 bits per heavy atom. The maximum absolute atomic E-state index is 12.0. The molecule has 0 spiro atoms. The predicted molar refractivity (Wildman–Crippen MR) is 121 cm³/mol. The number of rotatable bonds is 7. The minimum Gasteiger partial charge on any atom is -0.356 e. The molecule has 1 N–H and O–H groups in total. The third-order valence-corrected chi connectivity index (χ3v) is 6.98. The number of nitrogens with zero attached hydrogens (tertiary/aromatic N) is 3. The van der Waals surface area contributed by atoms with Crippen molar-refractivity contribution >= 4 is 29.3 Å². The van der Waals surface area contributed by atoms with Gasteiger partial charge in [-0.2, -0.15) is 11.8 Å². The maximum atomic E-state index is 12.0. The number of para-hydroxylation sites is 1. The molecule has 1 unspecified atom stereocenters. The smallest absolute Gasteiger partial charge is 0.222 e. The number of guanidine groups is 1. The second-order valence-corrected chi connectivity index (χ2v) is 9.79. The first-order valence-corrected chi connectivity index (χ1v) is 11.7. The van der Waals surface area contributed by atoms with E-state index in [9.17, 15) is 4.79 Å². The van der Waals surface area contributed by atoms with E-state index in [1.165, 1.54) is 11.3 Å². The van der Waals surface area contributed by atoms with Crippen LogP contribution in [0.25, 0.3) is 0 Å². The number of nitrogens with one attached hydrogen (secondary N) is 1. The molecule has 6 heteroatoms. The van der Waals surface area contributed by atoms with Gasteiger partial charge in [0.1, 0.15) is 0 Å². The molecule has 2 aliphatic heterocycles. The fourth-order valence-electron chi connectivity index (χ4n) is 3.92. The summed E-state index contributed by atoms with van der Waals surface area (Å²) in [6.07, 6.45) is 4.88. The molecule has 1 aromatic carbocycles.